The minimum Gasteiger partial charge on any atom is -0.456 e. The van der Waals surface area contributed by atoms with Crippen LogP contribution in [0.15, 0.2) is 46.0 Å². The molecule has 0 aromatic heterocycles. The maximum Gasteiger partial charge on any atom is 0.175 e. The number of halogens is 2. The number of nitrogens with two attached hydrogens (primary N) is 1. The van der Waals surface area contributed by atoms with Crippen molar-refractivity contribution in [2.75, 3.05) is 0 Å². The Bertz CT molecular complexity index is 674. The molecule has 2 aromatic carbocycles. The molecule has 0 fully saturated rings. The number of oxime groups is 1. The van der Waals surface area contributed by atoms with Crippen LogP contribution in [0.5, 0.6) is 11.5 Å². The molecule has 0 bridgehead atoms. The van der Waals surface area contributed by atoms with Gasteiger partial charge in [-0.15, -0.1) is 0 Å². The molecule has 4 nitrogen and oxygen atoms in total. The monoisotopic (exact) mass is 338 g/mol. The van der Waals surface area contributed by atoms with E-state index >= 15 is 0 Å². The molecule has 0 aliphatic heterocycles. The van der Waals surface area contributed by atoms with Crippen molar-refractivity contribution in [1.82, 2.24) is 0 Å². The molecule has 0 aliphatic rings. The molecule has 0 saturated heterocycles. The molecule has 0 aliphatic carbocycles. The van der Waals surface area contributed by atoms with E-state index in [4.69, 9.17) is 15.7 Å². The topological polar surface area (TPSA) is 67.8 Å². The summed E-state index contributed by atoms with van der Waals surface area (Å²) in [6, 6.07) is 9.38. The predicted octanol–water partition coefficient (Wildman–Crippen LogP) is 3.78. The van der Waals surface area contributed by atoms with Crippen molar-refractivity contribution in [3.63, 3.8) is 0 Å². The van der Waals surface area contributed by atoms with E-state index in [9.17, 15) is 4.39 Å². The molecule has 0 radical (unpaired) electrons. The van der Waals surface area contributed by atoms with Crippen molar-refractivity contribution in [2.45, 2.75) is 6.92 Å². The molecule has 20 heavy (non-hydrogen) atoms. The van der Waals surface area contributed by atoms with Gasteiger partial charge in [0.1, 0.15) is 17.3 Å². The van der Waals surface area contributed by atoms with Gasteiger partial charge in [-0.05, 0) is 46.6 Å². The number of rotatable bonds is 3. The highest BCUT2D eigenvalue weighted by Crippen LogP contribution is 2.32. The van der Waals surface area contributed by atoms with Gasteiger partial charge < -0.3 is 15.7 Å². The second-order valence-corrected chi connectivity index (χ2v) is 4.96. The smallest absolute Gasteiger partial charge is 0.175 e. The molecule has 0 amide bonds. The van der Waals surface area contributed by atoms with Crippen LogP contribution < -0.4 is 10.5 Å². The molecule has 2 rings (SSSR count). The first kappa shape index (κ1) is 14.3. The summed E-state index contributed by atoms with van der Waals surface area (Å²) in [5.41, 5.74) is 6.81. The van der Waals surface area contributed by atoms with Crippen LogP contribution >= 0.6 is 15.9 Å². The summed E-state index contributed by atoms with van der Waals surface area (Å²) < 4.78 is 19.6. The average Bonchev–Trinajstić information content (AvgIpc) is 2.42. The van der Waals surface area contributed by atoms with Crippen molar-refractivity contribution in [1.29, 1.82) is 0 Å². The maximum absolute atomic E-state index is 13.3. The van der Waals surface area contributed by atoms with Gasteiger partial charge in [0.05, 0.1) is 5.56 Å². The quantitative estimate of drug-likeness (QED) is 0.387. The minimum atomic E-state index is -0.397. The van der Waals surface area contributed by atoms with Crippen LogP contribution in [0, 0.1) is 12.7 Å². The SMILES string of the molecule is Cc1ccc(F)cc1Oc1cccc(Br)c1/C(N)=N/O. The molecule has 2 aromatic rings. The van der Waals surface area contributed by atoms with Crippen molar-refractivity contribution < 1.29 is 14.3 Å². The normalized spacial score (nSPS) is 11.4. The third-order valence-electron chi connectivity index (χ3n) is 2.71. The number of nitrogens with zero attached hydrogens (tertiary/aromatic N) is 1. The first-order valence-electron chi connectivity index (χ1n) is 5.73. The van der Waals surface area contributed by atoms with Crippen LogP contribution in [-0.4, -0.2) is 11.0 Å². The first-order chi connectivity index (χ1) is 9.52. The molecule has 0 heterocycles. The Balaban J connectivity index is 2.49. The molecular weight excluding hydrogens is 327 g/mol. The molecule has 0 saturated carbocycles. The Morgan fingerprint density at radius 3 is 2.75 bits per heavy atom. The summed E-state index contributed by atoms with van der Waals surface area (Å²) in [5.74, 6) is 0.242. The van der Waals surface area contributed by atoms with Gasteiger partial charge >= 0.3 is 0 Å². The van der Waals surface area contributed by atoms with Gasteiger partial charge in [0.2, 0.25) is 0 Å². The predicted molar refractivity (Wildman–Crippen MR) is 77.9 cm³/mol. The zero-order chi connectivity index (χ0) is 14.7. The number of amidine groups is 1. The van der Waals surface area contributed by atoms with Gasteiger partial charge in [0, 0.05) is 10.5 Å². The molecular formula is C14H12BrFN2O2. The Morgan fingerprint density at radius 2 is 2.05 bits per heavy atom. The van der Waals surface area contributed by atoms with Gasteiger partial charge in [-0.3, -0.25) is 0 Å². The fourth-order valence-electron chi connectivity index (χ4n) is 1.69. The lowest BCUT2D eigenvalue weighted by Crippen LogP contribution is -2.15. The van der Waals surface area contributed by atoms with Gasteiger partial charge in [-0.1, -0.05) is 17.3 Å². The highest BCUT2D eigenvalue weighted by molar-refractivity contribution is 9.10. The standard InChI is InChI=1S/C14H12BrFN2O2/c1-8-5-6-9(16)7-12(8)20-11-4-2-3-10(15)13(11)14(17)18-19/h2-7,19H,1H3,(H2,17,18). The van der Waals surface area contributed by atoms with E-state index in [-0.39, 0.29) is 5.84 Å². The Morgan fingerprint density at radius 1 is 1.30 bits per heavy atom. The molecule has 3 N–H and O–H groups in total. The molecule has 0 atom stereocenters. The fraction of sp³-hybridized carbons (Fsp3) is 0.0714. The number of hydrogen-bond acceptors (Lipinski definition) is 3. The Labute approximate surface area is 123 Å². The van der Waals surface area contributed by atoms with Crippen molar-refractivity contribution in [3.8, 4) is 11.5 Å². The number of ether oxygens (including phenoxy) is 1. The lowest BCUT2D eigenvalue weighted by atomic mass is 10.1. The lowest BCUT2D eigenvalue weighted by molar-refractivity contribution is 0.318. The van der Waals surface area contributed by atoms with Gasteiger partial charge in [0.25, 0.3) is 0 Å². The summed E-state index contributed by atoms with van der Waals surface area (Å²) in [6.07, 6.45) is 0. The largest absolute Gasteiger partial charge is 0.456 e. The Hall–Kier alpha value is -2.08. The van der Waals surface area contributed by atoms with Crippen LogP contribution in [-0.2, 0) is 0 Å². The Kier molecular flexibility index (Phi) is 4.24. The van der Waals surface area contributed by atoms with Gasteiger partial charge in [-0.2, -0.15) is 0 Å². The number of benzene rings is 2. The van der Waals surface area contributed by atoms with Crippen molar-refractivity contribution in [3.05, 3.63) is 57.8 Å². The summed E-state index contributed by atoms with van der Waals surface area (Å²) in [7, 11) is 0. The van der Waals surface area contributed by atoms with E-state index in [1.54, 1.807) is 31.2 Å². The van der Waals surface area contributed by atoms with Crippen LogP contribution in [0.4, 0.5) is 4.39 Å². The third-order valence-corrected chi connectivity index (χ3v) is 3.37. The molecule has 104 valence electrons. The minimum absolute atomic E-state index is 0.0958. The van der Waals surface area contributed by atoms with E-state index in [1.807, 2.05) is 0 Å². The highest BCUT2D eigenvalue weighted by atomic mass is 79.9. The summed E-state index contributed by atoms with van der Waals surface area (Å²) in [5, 5.41) is 11.8. The van der Waals surface area contributed by atoms with Crippen LogP contribution in [0.3, 0.4) is 0 Å². The van der Waals surface area contributed by atoms with Crippen LogP contribution in [0.1, 0.15) is 11.1 Å². The first-order valence-corrected chi connectivity index (χ1v) is 6.52. The van der Waals surface area contributed by atoms with Crippen molar-refractivity contribution in [2.24, 2.45) is 10.9 Å². The van der Waals surface area contributed by atoms with Crippen molar-refractivity contribution >= 4 is 21.8 Å². The summed E-state index contributed by atoms with van der Waals surface area (Å²) in [4.78, 5) is 0. The number of aryl methyl sites for hydroxylation is 1. The second-order valence-electron chi connectivity index (χ2n) is 4.11. The number of hydrogen-bond donors (Lipinski definition) is 2. The van der Waals surface area contributed by atoms with Gasteiger partial charge in [-0.25, -0.2) is 4.39 Å². The van der Waals surface area contributed by atoms with Gasteiger partial charge in [0.15, 0.2) is 5.84 Å². The maximum atomic E-state index is 13.3. The van der Waals surface area contributed by atoms with E-state index in [0.29, 0.717) is 21.5 Å². The second kappa shape index (κ2) is 5.92. The molecule has 6 heteroatoms. The highest BCUT2D eigenvalue weighted by Gasteiger charge is 2.14. The zero-order valence-electron chi connectivity index (χ0n) is 10.6. The summed E-state index contributed by atoms with van der Waals surface area (Å²) >= 11 is 3.31. The van der Waals surface area contributed by atoms with E-state index in [0.717, 1.165) is 5.56 Å². The summed E-state index contributed by atoms with van der Waals surface area (Å²) in [6.45, 7) is 1.80. The lowest BCUT2D eigenvalue weighted by Gasteiger charge is -2.13. The van der Waals surface area contributed by atoms with E-state index < -0.39 is 5.82 Å². The third kappa shape index (κ3) is 2.91. The van der Waals surface area contributed by atoms with Crippen LogP contribution in [0.2, 0.25) is 0 Å². The zero-order valence-corrected chi connectivity index (χ0v) is 12.2. The fourth-order valence-corrected chi connectivity index (χ4v) is 2.24. The van der Waals surface area contributed by atoms with E-state index in [1.165, 1.54) is 12.1 Å². The van der Waals surface area contributed by atoms with Crippen LogP contribution in [0.25, 0.3) is 0 Å². The molecule has 0 unspecified atom stereocenters. The average molecular weight is 339 g/mol. The molecule has 0 spiro atoms. The van der Waals surface area contributed by atoms with E-state index in [2.05, 4.69) is 21.1 Å².